The second-order valence-corrected chi connectivity index (χ2v) is 18.4. The molecular weight excluding hydrogens is 865 g/mol. The first kappa shape index (κ1) is 65.8. The van der Waals surface area contributed by atoms with Crippen molar-refractivity contribution in [1.29, 1.82) is 0 Å². The van der Waals surface area contributed by atoms with Crippen LogP contribution in [0.25, 0.3) is 0 Å². The van der Waals surface area contributed by atoms with Crippen molar-refractivity contribution in [2.45, 2.75) is 252 Å². The maximum atomic E-state index is 12.9. The van der Waals surface area contributed by atoms with E-state index in [1.807, 2.05) is 0 Å². The van der Waals surface area contributed by atoms with E-state index in [-0.39, 0.29) is 31.1 Å². The monoisotopic (exact) mass is 969 g/mol. The molecule has 6 heteroatoms. The van der Waals surface area contributed by atoms with Gasteiger partial charge in [0.15, 0.2) is 6.10 Å². The smallest absolute Gasteiger partial charge is 0.306 e. The predicted octanol–water partition coefficient (Wildman–Crippen LogP) is 19.3. The fourth-order valence-corrected chi connectivity index (χ4v) is 7.46. The average molecular weight is 970 g/mol. The topological polar surface area (TPSA) is 78.9 Å². The highest BCUT2D eigenvalue weighted by Crippen LogP contribution is 2.14. The van der Waals surface area contributed by atoms with E-state index in [1.54, 1.807) is 0 Å². The molecule has 6 nitrogen and oxygen atoms in total. The zero-order valence-corrected chi connectivity index (χ0v) is 45.2. The minimum Gasteiger partial charge on any atom is -0.462 e. The maximum absolute atomic E-state index is 12.9. The van der Waals surface area contributed by atoms with Crippen LogP contribution < -0.4 is 0 Å². The summed E-state index contributed by atoms with van der Waals surface area (Å²) >= 11 is 0. The molecule has 0 aromatic carbocycles. The number of allylic oxidation sites excluding steroid dienone is 20. The van der Waals surface area contributed by atoms with Gasteiger partial charge in [-0.15, -0.1) is 0 Å². The first-order chi connectivity index (χ1) is 34.5. The van der Waals surface area contributed by atoms with Gasteiger partial charge < -0.3 is 14.2 Å². The molecule has 0 fully saturated rings. The zero-order chi connectivity index (χ0) is 50.7. The first-order valence-electron chi connectivity index (χ1n) is 28.5. The summed E-state index contributed by atoms with van der Waals surface area (Å²) in [4.78, 5) is 38.1. The van der Waals surface area contributed by atoms with Crippen molar-refractivity contribution in [2.24, 2.45) is 0 Å². The van der Waals surface area contributed by atoms with Crippen LogP contribution in [-0.4, -0.2) is 37.2 Å². The van der Waals surface area contributed by atoms with E-state index < -0.39 is 6.10 Å². The summed E-state index contributed by atoms with van der Waals surface area (Å²) < 4.78 is 16.8. The van der Waals surface area contributed by atoms with Crippen molar-refractivity contribution in [3.05, 3.63) is 122 Å². The number of unbranched alkanes of at least 4 members (excludes halogenated alkanes) is 19. The fraction of sp³-hybridized carbons (Fsp3) is 0.641. The number of rotatable bonds is 50. The fourth-order valence-electron chi connectivity index (χ4n) is 7.46. The standard InChI is InChI=1S/C64H104O6/c1-4-7-10-13-16-19-22-24-26-28-30-32-34-36-38-40-42-45-48-51-54-57-63(66)69-60-61(59-68-62(65)56-53-50-47-44-21-18-15-12-9-6-3)70-64(67)58-55-52-49-46-43-41-39-37-35-33-31-29-27-25-23-20-17-14-11-8-5-2/h7-8,10-12,15-17,19-20,24-27,30-33,36,38,61H,4-6,9,13-14,18,21-23,28-29,34-35,37,39-60H2,1-3H3/b10-7-,11-8-,15-12-,19-16-,20-17-,26-24-,27-25-,32-30-,33-31-,38-36-. The van der Waals surface area contributed by atoms with Crippen LogP contribution in [0.2, 0.25) is 0 Å². The lowest BCUT2D eigenvalue weighted by Crippen LogP contribution is -2.30. The van der Waals surface area contributed by atoms with E-state index in [0.717, 1.165) is 161 Å². The molecule has 0 spiro atoms. The minimum absolute atomic E-state index is 0.0951. The van der Waals surface area contributed by atoms with Crippen molar-refractivity contribution in [3.63, 3.8) is 0 Å². The Morgan fingerprint density at radius 2 is 0.557 bits per heavy atom. The Hall–Kier alpha value is -4.19. The molecule has 0 aliphatic rings. The van der Waals surface area contributed by atoms with Gasteiger partial charge in [0.05, 0.1) is 0 Å². The highest BCUT2D eigenvalue weighted by molar-refractivity contribution is 5.71. The Bertz CT molecular complexity index is 1490. The Kier molecular flexibility index (Phi) is 54.0. The molecule has 0 aliphatic heterocycles. The SMILES string of the molecule is CC/C=C\C/C=C\C/C=C\C/C=C\C/C=C\CCCCCCCC(=O)OCC(COC(=O)CCCCCCC/C=C\CCC)OC(=O)CCCCCCCCCC/C=C\C/C=C\C/C=C\C/C=C\CC. The minimum atomic E-state index is -0.797. The van der Waals surface area contributed by atoms with E-state index in [0.29, 0.717) is 19.3 Å². The summed E-state index contributed by atoms with van der Waals surface area (Å²) in [7, 11) is 0. The van der Waals surface area contributed by atoms with Crippen LogP contribution in [0.4, 0.5) is 0 Å². The second-order valence-electron chi connectivity index (χ2n) is 18.4. The van der Waals surface area contributed by atoms with Crippen LogP contribution in [0.1, 0.15) is 245 Å². The van der Waals surface area contributed by atoms with Gasteiger partial charge in [-0.25, -0.2) is 0 Å². The van der Waals surface area contributed by atoms with Gasteiger partial charge in [-0.1, -0.05) is 226 Å². The van der Waals surface area contributed by atoms with Gasteiger partial charge in [0.2, 0.25) is 0 Å². The lowest BCUT2D eigenvalue weighted by molar-refractivity contribution is -0.167. The number of carbonyl (C=O) groups is 3. The van der Waals surface area contributed by atoms with Gasteiger partial charge in [0.1, 0.15) is 13.2 Å². The quantitative estimate of drug-likeness (QED) is 0.0262. The maximum Gasteiger partial charge on any atom is 0.306 e. The number of hydrogen-bond donors (Lipinski definition) is 0. The van der Waals surface area contributed by atoms with E-state index >= 15 is 0 Å². The molecule has 0 aliphatic carbocycles. The summed E-state index contributed by atoms with van der Waals surface area (Å²) in [5, 5.41) is 0. The summed E-state index contributed by atoms with van der Waals surface area (Å²) in [6, 6.07) is 0. The van der Waals surface area contributed by atoms with Crippen LogP contribution in [0, 0.1) is 0 Å². The third-order valence-corrected chi connectivity index (χ3v) is 11.7. The molecule has 0 saturated carbocycles. The van der Waals surface area contributed by atoms with Crippen molar-refractivity contribution >= 4 is 17.9 Å². The average Bonchev–Trinajstić information content (AvgIpc) is 3.36. The largest absolute Gasteiger partial charge is 0.462 e. The molecule has 70 heavy (non-hydrogen) atoms. The molecule has 0 aromatic rings. The number of esters is 3. The van der Waals surface area contributed by atoms with E-state index in [9.17, 15) is 14.4 Å². The normalized spacial score (nSPS) is 13.0. The Morgan fingerprint density at radius 1 is 0.300 bits per heavy atom. The molecule has 0 saturated heterocycles. The molecule has 0 bridgehead atoms. The van der Waals surface area contributed by atoms with Crippen LogP contribution in [0.3, 0.4) is 0 Å². The van der Waals surface area contributed by atoms with E-state index in [4.69, 9.17) is 14.2 Å². The summed E-state index contributed by atoms with van der Waals surface area (Å²) in [6.07, 6.45) is 79.0. The van der Waals surface area contributed by atoms with E-state index in [2.05, 4.69) is 142 Å². The highest BCUT2D eigenvalue weighted by Gasteiger charge is 2.19. The van der Waals surface area contributed by atoms with Crippen molar-refractivity contribution < 1.29 is 28.6 Å². The number of carbonyl (C=O) groups excluding carboxylic acids is 3. The third-order valence-electron chi connectivity index (χ3n) is 11.7. The number of hydrogen-bond acceptors (Lipinski definition) is 6. The second kappa shape index (κ2) is 57.4. The molecule has 0 N–H and O–H groups in total. The van der Waals surface area contributed by atoms with Crippen LogP contribution >= 0.6 is 0 Å². The first-order valence-corrected chi connectivity index (χ1v) is 28.5. The summed E-state index contributed by atoms with van der Waals surface area (Å²) in [5.41, 5.74) is 0. The van der Waals surface area contributed by atoms with Gasteiger partial charge in [-0.2, -0.15) is 0 Å². The molecule has 1 atom stereocenters. The Balaban J connectivity index is 4.39. The molecule has 0 radical (unpaired) electrons. The van der Waals surface area contributed by atoms with Gasteiger partial charge in [0, 0.05) is 19.3 Å². The Labute approximate surface area is 431 Å². The molecule has 0 rings (SSSR count). The van der Waals surface area contributed by atoms with Gasteiger partial charge in [-0.3, -0.25) is 14.4 Å². The third kappa shape index (κ3) is 54.7. The molecular formula is C64H104O6. The van der Waals surface area contributed by atoms with Crippen LogP contribution in [-0.2, 0) is 28.6 Å². The Morgan fingerprint density at radius 3 is 0.886 bits per heavy atom. The molecule has 0 aromatic heterocycles. The van der Waals surface area contributed by atoms with Gasteiger partial charge in [-0.05, 0) is 122 Å². The van der Waals surface area contributed by atoms with Crippen molar-refractivity contribution in [1.82, 2.24) is 0 Å². The highest BCUT2D eigenvalue weighted by atomic mass is 16.6. The molecule has 0 heterocycles. The van der Waals surface area contributed by atoms with Crippen LogP contribution in [0.5, 0.6) is 0 Å². The molecule has 1 unspecified atom stereocenters. The zero-order valence-electron chi connectivity index (χ0n) is 45.2. The molecule has 396 valence electrons. The lowest BCUT2D eigenvalue weighted by atomic mass is 10.1. The van der Waals surface area contributed by atoms with Crippen LogP contribution in [0.15, 0.2) is 122 Å². The van der Waals surface area contributed by atoms with Gasteiger partial charge in [0.25, 0.3) is 0 Å². The lowest BCUT2D eigenvalue weighted by Gasteiger charge is -2.18. The van der Waals surface area contributed by atoms with Crippen molar-refractivity contribution in [3.8, 4) is 0 Å². The van der Waals surface area contributed by atoms with Crippen molar-refractivity contribution in [2.75, 3.05) is 13.2 Å². The van der Waals surface area contributed by atoms with E-state index in [1.165, 1.54) is 44.9 Å². The summed E-state index contributed by atoms with van der Waals surface area (Å²) in [5.74, 6) is -0.935. The predicted molar refractivity (Wildman–Crippen MR) is 302 cm³/mol. The summed E-state index contributed by atoms with van der Waals surface area (Å²) in [6.45, 7) is 6.32. The number of ether oxygens (including phenoxy) is 3. The molecule has 0 amide bonds. The van der Waals surface area contributed by atoms with Gasteiger partial charge >= 0.3 is 17.9 Å².